The first-order valence-corrected chi connectivity index (χ1v) is 9.56. The van der Waals surface area contributed by atoms with Crippen LogP contribution >= 0.6 is 11.6 Å². The Morgan fingerprint density at radius 1 is 0.903 bits per heavy atom. The fourth-order valence-corrected chi connectivity index (χ4v) is 3.42. The molecule has 0 fully saturated rings. The summed E-state index contributed by atoms with van der Waals surface area (Å²) in [4.78, 5) is 26.9. The van der Waals surface area contributed by atoms with E-state index in [9.17, 15) is 22.8 Å². The van der Waals surface area contributed by atoms with Crippen LogP contribution in [0.1, 0.15) is 26.3 Å². The minimum absolute atomic E-state index is 0.0752. The largest absolute Gasteiger partial charge is 0.418 e. The Kier molecular flexibility index (Phi) is 6.36. The van der Waals surface area contributed by atoms with E-state index in [1.165, 1.54) is 37.2 Å². The van der Waals surface area contributed by atoms with E-state index >= 15 is 0 Å². The van der Waals surface area contributed by atoms with Gasteiger partial charge in [0.05, 0.1) is 27.4 Å². The Bertz CT molecular complexity index is 1130. The van der Waals surface area contributed by atoms with Gasteiger partial charge in [-0.3, -0.25) is 9.59 Å². The van der Waals surface area contributed by atoms with Crippen molar-refractivity contribution in [3.8, 4) is 11.1 Å². The number of carbonyl (C=O) groups excluding carboxylic acids is 2. The molecule has 0 atom stereocenters. The minimum atomic E-state index is -4.87. The van der Waals surface area contributed by atoms with Crippen molar-refractivity contribution in [3.63, 3.8) is 0 Å². The van der Waals surface area contributed by atoms with E-state index in [4.69, 9.17) is 11.6 Å². The third-order valence-corrected chi connectivity index (χ3v) is 4.88. The molecule has 4 nitrogen and oxygen atoms in total. The van der Waals surface area contributed by atoms with E-state index in [0.29, 0.717) is 5.56 Å². The lowest BCUT2D eigenvalue weighted by molar-refractivity contribution is -0.137. The number of alkyl halides is 3. The Hall–Kier alpha value is -3.32. The number of rotatable bonds is 4. The number of amides is 2. The standard InChI is InChI=1S/C23H18ClF3N2O2/c1-29(2)22(31)16-10-6-7-11-18(16)28-21(30)19-15(14-8-4-3-5-9-14)12-13-17(24)20(19)23(25,26)27/h3-13H,1-2H3,(H,28,30). The number of anilines is 1. The van der Waals surface area contributed by atoms with Crippen molar-refractivity contribution in [3.05, 3.63) is 88.4 Å². The van der Waals surface area contributed by atoms with Gasteiger partial charge in [0.2, 0.25) is 0 Å². The van der Waals surface area contributed by atoms with Gasteiger partial charge in [-0.25, -0.2) is 0 Å². The highest BCUT2D eigenvalue weighted by atomic mass is 35.5. The zero-order chi connectivity index (χ0) is 22.8. The summed E-state index contributed by atoms with van der Waals surface area (Å²) >= 11 is 5.88. The van der Waals surface area contributed by atoms with E-state index in [0.717, 1.165) is 6.07 Å². The second kappa shape index (κ2) is 8.81. The smallest absolute Gasteiger partial charge is 0.345 e. The molecule has 0 unspecified atom stereocenters. The van der Waals surface area contributed by atoms with E-state index in [-0.39, 0.29) is 16.8 Å². The second-order valence-electron chi connectivity index (χ2n) is 6.91. The lowest BCUT2D eigenvalue weighted by atomic mass is 9.94. The molecule has 3 aromatic rings. The minimum Gasteiger partial charge on any atom is -0.345 e. The summed E-state index contributed by atoms with van der Waals surface area (Å²) in [7, 11) is 3.07. The number of hydrogen-bond acceptors (Lipinski definition) is 2. The van der Waals surface area contributed by atoms with Gasteiger partial charge in [-0.15, -0.1) is 0 Å². The molecule has 0 spiro atoms. The van der Waals surface area contributed by atoms with Gasteiger partial charge in [0.15, 0.2) is 0 Å². The number of hydrogen-bond donors (Lipinski definition) is 1. The van der Waals surface area contributed by atoms with Crippen molar-refractivity contribution in [1.29, 1.82) is 0 Å². The Morgan fingerprint density at radius 3 is 2.13 bits per heavy atom. The topological polar surface area (TPSA) is 49.4 Å². The number of halogens is 4. The number of carbonyl (C=O) groups is 2. The molecule has 0 aliphatic rings. The first kappa shape index (κ1) is 22.4. The van der Waals surface area contributed by atoms with E-state index in [2.05, 4.69) is 5.32 Å². The van der Waals surface area contributed by atoms with Gasteiger partial charge in [0, 0.05) is 14.1 Å². The molecular weight excluding hydrogens is 429 g/mol. The average molecular weight is 447 g/mol. The molecule has 3 aromatic carbocycles. The van der Waals surface area contributed by atoms with Crippen LogP contribution in [0.2, 0.25) is 5.02 Å². The van der Waals surface area contributed by atoms with Crippen LogP contribution < -0.4 is 5.32 Å². The summed E-state index contributed by atoms with van der Waals surface area (Å²) in [6.45, 7) is 0. The van der Waals surface area contributed by atoms with Gasteiger partial charge in [0.1, 0.15) is 0 Å². The van der Waals surface area contributed by atoms with Crippen LogP contribution in [0.3, 0.4) is 0 Å². The summed E-state index contributed by atoms with van der Waals surface area (Å²) < 4.78 is 41.7. The van der Waals surface area contributed by atoms with Crippen LogP contribution in [0.25, 0.3) is 11.1 Å². The summed E-state index contributed by atoms with van der Waals surface area (Å²) in [6.07, 6.45) is -4.87. The van der Waals surface area contributed by atoms with Crippen LogP contribution in [-0.2, 0) is 6.18 Å². The van der Waals surface area contributed by atoms with Gasteiger partial charge in [-0.2, -0.15) is 13.2 Å². The number of benzene rings is 3. The first-order chi connectivity index (χ1) is 14.6. The molecule has 0 aliphatic heterocycles. The molecule has 0 aliphatic carbocycles. The van der Waals surface area contributed by atoms with Gasteiger partial charge < -0.3 is 10.2 Å². The lowest BCUT2D eigenvalue weighted by Crippen LogP contribution is -2.25. The van der Waals surface area contributed by atoms with E-state index in [1.54, 1.807) is 42.5 Å². The summed E-state index contributed by atoms with van der Waals surface area (Å²) in [5, 5.41) is 1.88. The first-order valence-electron chi connectivity index (χ1n) is 9.18. The highest BCUT2D eigenvalue weighted by Crippen LogP contribution is 2.41. The van der Waals surface area contributed by atoms with Crippen molar-refractivity contribution in [2.24, 2.45) is 0 Å². The van der Waals surface area contributed by atoms with Crippen molar-refractivity contribution < 1.29 is 22.8 Å². The normalized spacial score (nSPS) is 11.2. The molecule has 0 saturated heterocycles. The maximum Gasteiger partial charge on any atom is 0.418 e. The van der Waals surface area contributed by atoms with Crippen LogP contribution in [0.4, 0.5) is 18.9 Å². The maximum atomic E-state index is 13.9. The Labute approximate surface area is 182 Å². The average Bonchev–Trinajstić information content (AvgIpc) is 2.73. The maximum absolute atomic E-state index is 13.9. The number of nitrogens with one attached hydrogen (secondary N) is 1. The highest BCUT2D eigenvalue weighted by Gasteiger charge is 2.39. The van der Waals surface area contributed by atoms with Crippen LogP contribution in [-0.4, -0.2) is 30.8 Å². The highest BCUT2D eigenvalue weighted by molar-refractivity contribution is 6.32. The zero-order valence-corrected chi connectivity index (χ0v) is 17.4. The fraction of sp³-hybridized carbons (Fsp3) is 0.130. The Morgan fingerprint density at radius 2 is 1.52 bits per heavy atom. The van der Waals surface area contributed by atoms with Crippen molar-refractivity contribution in [1.82, 2.24) is 4.90 Å². The van der Waals surface area contributed by atoms with Crippen molar-refractivity contribution >= 4 is 29.1 Å². The Balaban J connectivity index is 2.18. The molecular formula is C23H18ClF3N2O2. The lowest BCUT2D eigenvalue weighted by Gasteiger charge is -2.20. The van der Waals surface area contributed by atoms with Crippen LogP contribution in [0.15, 0.2) is 66.7 Å². The van der Waals surface area contributed by atoms with Crippen LogP contribution in [0, 0.1) is 0 Å². The van der Waals surface area contributed by atoms with E-state index in [1.807, 2.05) is 0 Å². The van der Waals surface area contributed by atoms with E-state index < -0.39 is 34.1 Å². The number of para-hydroxylation sites is 1. The third kappa shape index (κ3) is 4.72. The molecule has 3 rings (SSSR count). The van der Waals surface area contributed by atoms with Crippen molar-refractivity contribution in [2.75, 3.05) is 19.4 Å². The molecule has 8 heteroatoms. The molecule has 160 valence electrons. The molecule has 0 saturated carbocycles. The zero-order valence-electron chi connectivity index (χ0n) is 16.6. The molecule has 0 heterocycles. The predicted octanol–water partition coefficient (Wildman–Crippen LogP) is 5.98. The van der Waals surface area contributed by atoms with Crippen LogP contribution in [0.5, 0.6) is 0 Å². The van der Waals surface area contributed by atoms with Gasteiger partial charge >= 0.3 is 6.18 Å². The number of nitrogens with zero attached hydrogens (tertiary/aromatic N) is 1. The molecule has 31 heavy (non-hydrogen) atoms. The summed E-state index contributed by atoms with van der Waals surface area (Å²) in [5.41, 5.74) is -1.10. The molecule has 0 radical (unpaired) electrons. The molecule has 2 amide bonds. The monoisotopic (exact) mass is 446 g/mol. The fourth-order valence-electron chi connectivity index (χ4n) is 3.15. The summed E-state index contributed by atoms with van der Waals surface area (Å²) in [6, 6.07) is 16.8. The molecule has 0 bridgehead atoms. The van der Waals surface area contributed by atoms with Gasteiger partial charge in [-0.1, -0.05) is 60.1 Å². The molecule has 0 aromatic heterocycles. The van der Waals surface area contributed by atoms with Gasteiger partial charge in [0.25, 0.3) is 11.8 Å². The molecule has 1 N–H and O–H groups in total. The van der Waals surface area contributed by atoms with Gasteiger partial charge in [-0.05, 0) is 29.3 Å². The quantitative estimate of drug-likeness (QED) is 0.536. The predicted molar refractivity (Wildman–Crippen MR) is 114 cm³/mol. The third-order valence-electron chi connectivity index (χ3n) is 4.56. The van der Waals surface area contributed by atoms with Crippen molar-refractivity contribution in [2.45, 2.75) is 6.18 Å². The summed E-state index contributed by atoms with van der Waals surface area (Å²) in [5.74, 6) is -1.42. The second-order valence-corrected chi connectivity index (χ2v) is 7.32. The SMILES string of the molecule is CN(C)C(=O)c1ccccc1NC(=O)c1c(-c2ccccc2)ccc(Cl)c1C(F)(F)F.